The van der Waals surface area contributed by atoms with Crippen molar-refractivity contribution >= 4 is 41.1 Å². The van der Waals surface area contributed by atoms with E-state index in [1.807, 2.05) is 38.3 Å². The zero-order valence-electron chi connectivity index (χ0n) is 21.4. The summed E-state index contributed by atoms with van der Waals surface area (Å²) in [6.07, 6.45) is 4.15. The highest BCUT2D eigenvalue weighted by molar-refractivity contribution is 7.98. The van der Waals surface area contributed by atoms with Crippen LogP contribution in [-0.2, 0) is 30.3 Å². The van der Waals surface area contributed by atoms with Crippen LogP contribution >= 0.6 is 11.8 Å². The molecule has 0 aliphatic carbocycles. The van der Waals surface area contributed by atoms with Crippen LogP contribution in [0.1, 0.15) is 63.5 Å². The van der Waals surface area contributed by atoms with E-state index in [1.54, 1.807) is 11.8 Å². The van der Waals surface area contributed by atoms with Crippen molar-refractivity contribution in [2.24, 2.45) is 0 Å². The molecule has 0 radical (unpaired) electrons. The van der Waals surface area contributed by atoms with Crippen LogP contribution in [0.2, 0.25) is 0 Å². The molecule has 1 rings (SSSR count). The molecule has 3 amide bonds. The normalized spacial score (nSPS) is 12.5. The number of methoxy groups -OCH3 is 1. The minimum atomic E-state index is -0.711. The van der Waals surface area contributed by atoms with Gasteiger partial charge in [0.1, 0.15) is 12.1 Å². The number of unbranched alkanes of at least 4 members (excludes halogenated alkanes) is 1. The molecule has 0 unspecified atom stereocenters. The molecule has 196 valence electrons. The first-order valence-corrected chi connectivity index (χ1v) is 13.3. The highest BCUT2D eigenvalue weighted by Crippen LogP contribution is 2.23. The fourth-order valence-corrected chi connectivity index (χ4v) is 4.05. The molecule has 5 N–H and O–H groups in total. The van der Waals surface area contributed by atoms with Crippen LogP contribution < -0.4 is 21.7 Å². The van der Waals surface area contributed by atoms with Crippen molar-refractivity contribution in [3.05, 3.63) is 29.3 Å². The summed E-state index contributed by atoms with van der Waals surface area (Å²) in [7, 11) is 1.30. The summed E-state index contributed by atoms with van der Waals surface area (Å²) in [4.78, 5) is 48.4. The number of amides is 3. The lowest BCUT2D eigenvalue weighted by atomic mass is 9.96. The molecule has 0 saturated carbocycles. The maximum absolute atomic E-state index is 12.7. The lowest BCUT2D eigenvalue weighted by Crippen LogP contribution is -2.47. The van der Waals surface area contributed by atoms with Crippen molar-refractivity contribution in [2.75, 3.05) is 31.4 Å². The van der Waals surface area contributed by atoms with Gasteiger partial charge in [0.15, 0.2) is 0 Å². The summed E-state index contributed by atoms with van der Waals surface area (Å²) < 4.78 is 4.75. The van der Waals surface area contributed by atoms with Crippen molar-refractivity contribution < 1.29 is 23.9 Å². The molecule has 1 aromatic carbocycles. The van der Waals surface area contributed by atoms with Gasteiger partial charge in [0.05, 0.1) is 7.11 Å². The van der Waals surface area contributed by atoms with Gasteiger partial charge in [-0.05, 0) is 54.4 Å². The third kappa shape index (κ3) is 11.5. The SMILES string of the molecule is COC(=O)[C@H](CCSC)NC(=O)CCCCNC(=O)[C@H](Cc1ccc(N)c(C(C)C)c1)NC(C)=O. The molecule has 35 heavy (non-hydrogen) atoms. The van der Waals surface area contributed by atoms with Gasteiger partial charge in [0.2, 0.25) is 17.7 Å². The Kier molecular flexibility index (Phi) is 13.9. The van der Waals surface area contributed by atoms with Crippen LogP contribution in [0.15, 0.2) is 18.2 Å². The van der Waals surface area contributed by atoms with Gasteiger partial charge in [-0.25, -0.2) is 4.79 Å². The van der Waals surface area contributed by atoms with E-state index in [-0.39, 0.29) is 30.1 Å². The molecule has 0 spiro atoms. The predicted octanol–water partition coefficient (Wildman–Crippen LogP) is 2.14. The number of nitrogen functional groups attached to an aromatic ring is 1. The van der Waals surface area contributed by atoms with Gasteiger partial charge in [-0.15, -0.1) is 0 Å². The predicted molar refractivity (Wildman–Crippen MR) is 140 cm³/mol. The molecule has 0 aliphatic heterocycles. The van der Waals surface area contributed by atoms with E-state index in [9.17, 15) is 19.2 Å². The lowest BCUT2D eigenvalue weighted by molar-refractivity contribution is -0.145. The molecule has 0 bridgehead atoms. The van der Waals surface area contributed by atoms with E-state index >= 15 is 0 Å². The molecule has 9 nitrogen and oxygen atoms in total. The molecule has 2 atom stereocenters. The van der Waals surface area contributed by atoms with Crippen molar-refractivity contribution in [2.45, 2.75) is 70.9 Å². The average molecular weight is 509 g/mol. The Bertz CT molecular complexity index is 862. The Balaban J connectivity index is 2.54. The Labute approximate surface area is 212 Å². The van der Waals surface area contributed by atoms with Gasteiger partial charge in [0.25, 0.3) is 0 Å². The standard InChI is InChI=1S/C25H40N4O5S/c1-16(2)19-14-18(9-10-20(19)26)15-22(28-17(3)30)24(32)27-12-7-6-8-23(31)29-21(11-13-35-5)25(33)34-4/h9-10,14,16,21-22H,6-8,11-13,15,26H2,1-5H3,(H,27,32)(H,28,30)(H,29,31)/t21-,22-/m0/s1. The van der Waals surface area contributed by atoms with Gasteiger partial charge in [-0.3, -0.25) is 14.4 Å². The van der Waals surface area contributed by atoms with Gasteiger partial charge in [-0.1, -0.05) is 26.0 Å². The van der Waals surface area contributed by atoms with E-state index in [2.05, 4.69) is 16.0 Å². The minimum Gasteiger partial charge on any atom is -0.467 e. The fourth-order valence-electron chi connectivity index (χ4n) is 3.58. The zero-order valence-corrected chi connectivity index (χ0v) is 22.3. The van der Waals surface area contributed by atoms with Gasteiger partial charge < -0.3 is 26.4 Å². The molecule has 1 aromatic rings. The minimum absolute atomic E-state index is 0.228. The highest BCUT2D eigenvalue weighted by Gasteiger charge is 2.22. The van der Waals surface area contributed by atoms with Gasteiger partial charge >= 0.3 is 5.97 Å². The largest absolute Gasteiger partial charge is 0.467 e. The highest BCUT2D eigenvalue weighted by atomic mass is 32.2. The number of anilines is 1. The average Bonchev–Trinajstić information content (AvgIpc) is 2.81. The zero-order chi connectivity index (χ0) is 26.4. The molecule has 0 fully saturated rings. The number of hydrogen-bond donors (Lipinski definition) is 4. The number of carbonyl (C=O) groups is 4. The first-order chi connectivity index (χ1) is 16.6. The van der Waals surface area contributed by atoms with Crippen molar-refractivity contribution in [3.8, 4) is 0 Å². The van der Waals surface area contributed by atoms with Crippen LogP contribution in [0.4, 0.5) is 5.69 Å². The molecule has 0 aromatic heterocycles. The number of thioether (sulfide) groups is 1. The topological polar surface area (TPSA) is 140 Å². The number of hydrogen-bond acceptors (Lipinski definition) is 7. The van der Waals surface area contributed by atoms with Crippen LogP contribution in [0.5, 0.6) is 0 Å². The molecule has 10 heteroatoms. The smallest absolute Gasteiger partial charge is 0.328 e. The van der Waals surface area contributed by atoms with Crippen molar-refractivity contribution in [1.82, 2.24) is 16.0 Å². The summed E-state index contributed by atoms with van der Waals surface area (Å²) in [5, 5.41) is 8.27. The summed E-state index contributed by atoms with van der Waals surface area (Å²) in [5.74, 6) is -0.276. The second-order valence-electron chi connectivity index (χ2n) is 8.75. The third-order valence-electron chi connectivity index (χ3n) is 5.47. The summed E-state index contributed by atoms with van der Waals surface area (Å²) in [5.41, 5.74) is 8.67. The quantitative estimate of drug-likeness (QED) is 0.162. The fraction of sp³-hybridized carbons (Fsp3) is 0.600. The molecule has 0 aliphatic rings. The Morgan fingerprint density at radius 3 is 2.40 bits per heavy atom. The first-order valence-electron chi connectivity index (χ1n) is 11.9. The first kappa shape index (κ1) is 30.3. The van der Waals surface area contributed by atoms with Crippen LogP contribution in [0, 0.1) is 0 Å². The number of carbonyl (C=O) groups excluding carboxylic acids is 4. The van der Waals surface area contributed by atoms with Gasteiger partial charge in [0, 0.05) is 32.0 Å². The summed E-state index contributed by atoms with van der Waals surface area (Å²) in [6.45, 7) is 5.84. The van der Waals surface area contributed by atoms with Crippen molar-refractivity contribution in [1.29, 1.82) is 0 Å². The van der Waals surface area contributed by atoms with E-state index in [1.165, 1.54) is 14.0 Å². The second kappa shape index (κ2) is 16.0. The number of nitrogens with two attached hydrogens (primary N) is 1. The number of benzene rings is 1. The van der Waals surface area contributed by atoms with E-state index in [4.69, 9.17) is 10.5 Å². The van der Waals surface area contributed by atoms with E-state index < -0.39 is 18.1 Å². The van der Waals surface area contributed by atoms with Gasteiger partial charge in [-0.2, -0.15) is 11.8 Å². The Hall–Kier alpha value is -2.75. The third-order valence-corrected chi connectivity index (χ3v) is 6.11. The van der Waals surface area contributed by atoms with E-state index in [0.717, 1.165) is 16.9 Å². The number of esters is 1. The number of nitrogens with one attached hydrogen (secondary N) is 3. The molecular formula is C25H40N4O5S. The number of ether oxygens (including phenoxy) is 1. The lowest BCUT2D eigenvalue weighted by Gasteiger charge is -2.19. The summed E-state index contributed by atoms with van der Waals surface area (Å²) >= 11 is 1.59. The van der Waals surface area contributed by atoms with Crippen LogP contribution in [-0.4, -0.2) is 61.4 Å². The molecule has 0 saturated heterocycles. The Morgan fingerprint density at radius 1 is 1.09 bits per heavy atom. The monoisotopic (exact) mass is 508 g/mol. The van der Waals surface area contributed by atoms with Crippen LogP contribution in [0.25, 0.3) is 0 Å². The molecular weight excluding hydrogens is 468 g/mol. The molecule has 0 heterocycles. The van der Waals surface area contributed by atoms with E-state index in [0.29, 0.717) is 37.9 Å². The Morgan fingerprint density at radius 2 is 1.80 bits per heavy atom. The maximum Gasteiger partial charge on any atom is 0.328 e. The number of rotatable bonds is 15. The second-order valence-corrected chi connectivity index (χ2v) is 9.73. The van der Waals surface area contributed by atoms with Crippen molar-refractivity contribution in [3.63, 3.8) is 0 Å². The maximum atomic E-state index is 12.7. The summed E-state index contributed by atoms with van der Waals surface area (Å²) in [6, 6.07) is 4.30. The van der Waals surface area contributed by atoms with Crippen LogP contribution in [0.3, 0.4) is 0 Å².